The molecule has 1 amide bonds. The van der Waals surface area contributed by atoms with E-state index in [1.165, 1.54) is 0 Å². The van der Waals surface area contributed by atoms with Crippen LogP contribution in [0.25, 0.3) is 22.1 Å². The fourth-order valence-corrected chi connectivity index (χ4v) is 3.45. The lowest BCUT2D eigenvalue weighted by molar-refractivity contribution is 0.0950. The third-order valence-corrected chi connectivity index (χ3v) is 4.94. The number of rotatable bonds is 5. The SMILES string of the molecule is O=C(NCc1ccccn1)c1ccc2nnc3ncn(Cc4ccccc4)c3c2c1. The molecule has 0 saturated heterocycles. The zero-order valence-corrected chi connectivity index (χ0v) is 16.1. The lowest BCUT2D eigenvalue weighted by Gasteiger charge is -2.08. The van der Waals surface area contributed by atoms with Crippen LogP contribution in [-0.2, 0) is 13.1 Å². The van der Waals surface area contributed by atoms with Crippen molar-refractivity contribution in [2.75, 3.05) is 0 Å². The standard InChI is InChI=1S/C23H18N6O/c30-23(25-13-18-8-4-5-11-24-18)17-9-10-20-19(12-17)21-22(28-27-20)26-15-29(21)14-16-6-2-1-3-7-16/h1-12,15H,13-14H2,(H,25,30). The Hall–Kier alpha value is -4.13. The second-order valence-corrected chi connectivity index (χ2v) is 6.97. The van der Waals surface area contributed by atoms with Gasteiger partial charge in [-0.25, -0.2) is 4.98 Å². The topological polar surface area (TPSA) is 85.6 Å². The van der Waals surface area contributed by atoms with Crippen molar-refractivity contribution in [2.45, 2.75) is 13.1 Å². The molecule has 0 aliphatic heterocycles. The number of benzene rings is 2. The van der Waals surface area contributed by atoms with Crippen LogP contribution in [-0.4, -0.2) is 30.6 Å². The molecule has 7 heteroatoms. The van der Waals surface area contributed by atoms with E-state index in [1.807, 2.05) is 53.1 Å². The minimum atomic E-state index is -0.165. The molecule has 5 rings (SSSR count). The molecule has 0 bridgehead atoms. The van der Waals surface area contributed by atoms with Crippen LogP contribution in [0.3, 0.4) is 0 Å². The highest BCUT2D eigenvalue weighted by atomic mass is 16.1. The van der Waals surface area contributed by atoms with Crippen LogP contribution >= 0.6 is 0 Å². The average molecular weight is 394 g/mol. The second-order valence-electron chi connectivity index (χ2n) is 6.97. The zero-order chi connectivity index (χ0) is 20.3. The van der Waals surface area contributed by atoms with E-state index >= 15 is 0 Å². The molecule has 3 heterocycles. The second kappa shape index (κ2) is 7.71. The Balaban J connectivity index is 1.50. The summed E-state index contributed by atoms with van der Waals surface area (Å²) in [7, 11) is 0. The number of pyridine rings is 1. The van der Waals surface area contributed by atoms with Gasteiger partial charge in [-0.15, -0.1) is 10.2 Å². The van der Waals surface area contributed by atoms with Gasteiger partial charge in [-0.1, -0.05) is 36.4 Å². The molecule has 0 radical (unpaired) electrons. The Morgan fingerprint density at radius 1 is 0.933 bits per heavy atom. The van der Waals surface area contributed by atoms with Gasteiger partial charge in [-0.05, 0) is 35.9 Å². The summed E-state index contributed by atoms with van der Waals surface area (Å²) < 4.78 is 2.04. The van der Waals surface area contributed by atoms with Gasteiger partial charge < -0.3 is 9.88 Å². The summed E-state index contributed by atoms with van der Waals surface area (Å²) in [5, 5.41) is 12.3. The Kier molecular flexibility index (Phi) is 4.61. The summed E-state index contributed by atoms with van der Waals surface area (Å²) in [6.07, 6.45) is 3.47. The number of nitrogens with one attached hydrogen (secondary N) is 1. The van der Waals surface area contributed by atoms with E-state index < -0.39 is 0 Å². The largest absolute Gasteiger partial charge is 0.346 e. The molecule has 3 aromatic heterocycles. The Morgan fingerprint density at radius 3 is 2.63 bits per heavy atom. The molecule has 5 aromatic rings. The summed E-state index contributed by atoms with van der Waals surface area (Å²) in [6, 6.07) is 21.2. The van der Waals surface area contributed by atoms with Crippen molar-refractivity contribution >= 4 is 28.0 Å². The highest BCUT2D eigenvalue weighted by Gasteiger charge is 2.13. The van der Waals surface area contributed by atoms with E-state index in [2.05, 4.69) is 37.6 Å². The van der Waals surface area contributed by atoms with Crippen molar-refractivity contribution < 1.29 is 4.79 Å². The number of fused-ring (bicyclic) bond motifs is 3. The minimum Gasteiger partial charge on any atom is -0.346 e. The molecule has 0 fully saturated rings. The van der Waals surface area contributed by atoms with Crippen molar-refractivity contribution in [3.05, 3.63) is 96.1 Å². The monoisotopic (exact) mass is 394 g/mol. The predicted octanol–water partition coefficient (Wildman–Crippen LogP) is 3.35. The maximum Gasteiger partial charge on any atom is 0.251 e. The fraction of sp³-hybridized carbons (Fsp3) is 0.0870. The van der Waals surface area contributed by atoms with Crippen molar-refractivity contribution in [2.24, 2.45) is 0 Å². The molecule has 0 unspecified atom stereocenters. The number of carbonyl (C=O) groups excluding carboxylic acids is 1. The third-order valence-electron chi connectivity index (χ3n) is 4.94. The summed E-state index contributed by atoms with van der Waals surface area (Å²) in [5.41, 5.74) is 4.67. The van der Waals surface area contributed by atoms with Gasteiger partial charge in [0.1, 0.15) is 0 Å². The van der Waals surface area contributed by atoms with Gasteiger partial charge in [0.25, 0.3) is 5.91 Å². The molecule has 30 heavy (non-hydrogen) atoms. The van der Waals surface area contributed by atoms with Gasteiger partial charge in [0, 0.05) is 23.7 Å². The Bertz CT molecular complexity index is 1330. The normalized spacial score (nSPS) is 11.1. The number of carbonyl (C=O) groups is 1. The number of amides is 1. The lowest BCUT2D eigenvalue weighted by Crippen LogP contribution is -2.23. The predicted molar refractivity (Wildman–Crippen MR) is 114 cm³/mol. The highest BCUT2D eigenvalue weighted by molar-refractivity contribution is 6.05. The molecule has 7 nitrogen and oxygen atoms in total. The molecule has 146 valence electrons. The van der Waals surface area contributed by atoms with Crippen molar-refractivity contribution in [1.82, 2.24) is 30.0 Å². The first-order valence-electron chi connectivity index (χ1n) is 9.61. The molecule has 0 atom stereocenters. The number of nitrogens with zero attached hydrogens (tertiary/aromatic N) is 5. The molecular weight excluding hydrogens is 376 g/mol. The zero-order valence-electron chi connectivity index (χ0n) is 16.1. The van der Waals surface area contributed by atoms with Crippen LogP contribution in [0.15, 0.2) is 79.3 Å². The van der Waals surface area contributed by atoms with Gasteiger partial charge >= 0.3 is 0 Å². The summed E-state index contributed by atoms with van der Waals surface area (Å²) in [5.74, 6) is -0.165. The Labute approximate surface area is 172 Å². The maximum atomic E-state index is 12.7. The molecule has 0 saturated carbocycles. The average Bonchev–Trinajstić information content (AvgIpc) is 3.21. The van der Waals surface area contributed by atoms with Crippen LogP contribution in [0.2, 0.25) is 0 Å². The third kappa shape index (κ3) is 3.48. The van der Waals surface area contributed by atoms with E-state index in [-0.39, 0.29) is 5.91 Å². The first kappa shape index (κ1) is 17.9. The molecule has 0 spiro atoms. The van der Waals surface area contributed by atoms with E-state index in [0.29, 0.717) is 24.3 Å². The number of hydrogen-bond donors (Lipinski definition) is 1. The van der Waals surface area contributed by atoms with Crippen molar-refractivity contribution in [3.63, 3.8) is 0 Å². The van der Waals surface area contributed by atoms with E-state index in [1.54, 1.807) is 18.6 Å². The fourth-order valence-electron chi connectivity index (χ4n) is 3.45. The van der Waals surface area contributed by atoms with Gasteiger partial charge in [0.05, 0.1) is 29.6 Å². The van der Waals surface area contributed by atoms with Gasteiger partial charge in [0.2, 0.25) is 5.65 Å². The summed E-state index contributed by atoms with van der Waals surface area (Å²) in [6.45, 7) is 1.03. The number of aromatic nitrogens is 5. The van der Waals surface area contributed by atoms with Gasteiger partial charge in [0.15, 0.2) is 0 Å². The summed E-state index contributed by atoms with van der Waals surface area (Å²) in [4.78, 5) is 21.3. The lowest BCUT2D eigenvalue weighted by atomic mass is 10.1. The van der Waals surface area contributed by atoms with Gasteiger partial charge in [-0.2, -0.15) is 0 Å². The van der Waals surface area contributed by atoms with Gasteiger partial charge in [-0.3, -0.25) is 9.78 Å². The molecule has 2 aromatic carbocycles. The van der Waals surface area contributed by atoms with Crippen LogP contribution < -0.4 is 5.32 Å². The van der Waals surface area contributed by atoms with E-state index in [9.17, 15) is 4.79 Å². The van der Waals surface area contributed by atoms with Crippen molar-refractivity contribution in [3.8, 4) is 0 Å². The number of imidazole rings is 1. The van der Waals surface area contributed by atoms with E-state index in [4.69, 9.17) is 0 Å². The molecular formula is C23H18N6O. The molecule has 0 aliphatic rings. The maximum absolute atomic E-state index is 12.7. The van der Waals surface area contributed by atoms with E-state index in [0.717, 1.165) is 27.7 Å². The minimum absolute atomic E-state index is 0.165. The quantitative estimate of drug-likeness (QED) is 0.494. The van der Waals surface area contributed by atoms with Crippen LogP contribution in [0.1, 0.15) is 21.6 Å². The first-order chi connectivity index (χ1) is 14.8. The van der Waals surface area contributed by atoms with Crippen molar-refractivity contribution in [1.29, 1.82) is 0 Å². The number of hydrogen-bond acceptors (Lipinski definition) is 5. The molecule has 1 N–H and O–H groups in total. The smallest absolute Gasteiger partial charge is 0.251 e. The van der Waals surface area contributed by atoms with Crippen LogP contribution in [0.5, 0.6) is 0 Å². The highest BCUT2D eigenvalue weighted by Crippen LogP contribution is 2.23. The Morgan fingerprint density at radius 2 is 1.80 bits per heavy atom. The molecule has 0 aliphatic carbocycles. The van der Waals surface area contributed by atoms with Crippen LogP contribution in [0, 0.1) is 0 Å². The summed E-state index contributed by atoms with van der Waals surface area (Å²) >= 11 is 0. The first-order valence-corrected chi connectivity index (χ1v) is 9.61. The van der Waals surface area contributed by atoms with Crippen LogP contribution in [0.4, 0.5) is 0 Å².